The number of benzene rings is 1. The van der Waals surface area contributed by atoms with Gasteiger partial charge in [-0.3, -0.25) is 4.79 Å². The fraction of sp³-hybridized carbons (Fsp3) is 0.429. The minimum Gasteiger partial charge on any atom is -0.481 e. The van der Waals surface area contributed by atoms with Gasteiger partial charge in [-0.1, -0.05) is 26.0 Å². The average molecular weight is 292 g/mol. The standard InChI is InChI=1S/C14H17FN4O2/c1-9(2)12(8-14(20)21)19-13(16-17-18-19)7-10-4-3-5-11(15)6-10/h3-6,9,12H,7-8H2,1-2H3,(H,20,21). The molecule has 21 heavy (non-hydrogen) atoms. The molecule has 1 aromatic heterocycles. The van der Waals surface area contributed by atoms with Crippen LogP contribution >= 0.6 is 0 Å². The molecule has 1 heterocycles. The normalized spacial score (nSPS) is 12.6. The maximum atomic E-state index is 13.2. The number of hydrogen-bond donors (Lipinski definition) is 1. The Kier molecular flexibility index (Phi) is 4.62. The van der Waals surface area contributed by atoms with Crippen molar-refractivity contribution in [3.8, 4) is 0 Å². The molecule has 1 unspecified atom stereocenters. The van der Waals surface area contributed by atoms with Crippen molar-refractivity contribution in [1.82, 2.24) is 20.2 Å². The van der Waals surface area contributed by atoms with Crippen LogP contribution in [-0.4, -0.2) is 31.3 Å². The maximum absolute atomic E-state index is 13.2. The van der Waals surface area contributed by atoms with Gasteiger partial charge in [0.1, 0.15) is 5.82 Å². The van der Waals surface area contributed by atoms with Crippen molar-refractivity contribution >= 4 is 5.97 Å². The summed E-state index contributed by atoms with van der Waals surface area (Å²) >= 11 is 0. The van der Waals surface area contributed by atoms with E-state index >= 15 is 0 Å². The molecule has 0 aliphatic rings. The van der Waals surface area contributed by atoms with E-state index < -0.39 is 5.97 Å². The van der Waals surface area contributed by atoms with Gasteiger partial charge < -0.3 is 5.11 Å². The molecule has 0 aliphatic carbocycles. The largest absolute Gasteiger partial charge is 0.481 e. The molecule has 0 saturated carbocycles. The summed E-state index contributed by atoms with van der Waals surface area (Å²) < 4.78 is 14.8. The minimum atomic E-state index is -0.902. The van der Waals surface area contributed by atoms with E-state index in [0.717, 1.165) is 5.56 Å². The first-order valence-corrected chi connectivity index (χ1v) is 6.70. The summed E-state index contributed by atoms with van der Waals surface area (Å²) in [6, 6.07) is 5.86. The average Bonchev–Trinajstić information content (AvgIpc) is 2.83. The summed E-state index contributed by atoms with van der Waals surface area (Å²) in [6.45, 7) is 3.84. The van der Waals surface area contributed by atoms with Crippen LogP contribution in [0.2, 0.25) is 0 Å². The molecule has 0 bridgehead atoms. The Labute approximate surface area is 121 Å². The number of aromatic nitrogens is 4. The van der Waals surface area contributed by atoms with Gasteiger partial charge in [-0.05, 0) is 34.0 Å². The second kappa shape index (κ2) is 6.43. The van der Waals surface area contributed by atoms with Crippen LogP contribution in [-0.2, 0) is 11.2 Å². The van der Waals surface area contributed by atoms with Crippen molar-refractivity contribution in [3.63, 3.8) is 0 Å². The molecule has 7 heteroatoms. The molecule has 1 aromatic carbocycles. The lowest BCUT2D eigenvalue weighted by molar-refractivity contribution is -0.138. The van der Waals surface area contributed by atoms with Gasteiger partial charge in [-0.15, -0.1) is 5.10 Å². The summed E-state index contributed by atoms with van der Waals surface area (Å²) in [5.41, 5.74) is 0.740. The third-order valence-electron chi connectivity index (χ3n) is 3.28. The Hall–Kier alpha value is -2.31. The van der Waals surface area contributed by atoms with Crippen LogP contribution in [0.3, 0.4) is 0 Å². The highest BCUT2D eigenvalue weighted by molar-refractivity contribution is 5.67. The summed E-state index contributed by atoms with van der Waals surface area (Å²) in [7, 11) is 0. The van der Waals surface area contributed by atoms with Crippen LogP contribution in [0.5, 0.6) is 0 Å². The van der Waals surface area contributed by atoms with E-state index in [0.29, 0.717) is 12.2 Å². The van der Waals surface area contributed by atoms with Gasteiger partial charge in [0.05, 0.1) is 12.5 Å². The van der Waals surface area contributed by atoms with E-state index in [4.69, 9.17) is 5.11 Å². The van der Waals surface area contributed by atoms with Crippen LogP contribution < -0.4 is 0 Å². The lowest BCUT2D eigenvalue weighted by atomic mass is 10.0. The van der Waals surface area contributed by atoms with Gasteiger partial charge >= 0.3 is 5.97 Å². The highest BCUT2D eigenvalue weighted by Crippen LogP contribution is 2.22. The number of aliphatic carboxylic acids is 1. The summed E-state index contributed by atoms with van der Waals surface area (Å²) in [6.07, 6.45) is 0.298. The van der Waals surface area contributed by atoms with Gasteiger partial charge in [0.15, 0.2) is 5.82 Å². The highest BCUT2D eigenvalue weighted by atomic mass is 19.1. The van der Waals surface area contributed by atoms with Gasteiger partial charge in [-0.25, -0.2) is 9.07 Å². The molecule has 1 N–H and O–H groups in total. The second-order valence-corrected chi connectivity index (χ2v) is 5.26. The molecular weight excluding hydrogens is 275 g/mol. The first-order chi connectivity index (χ1) is 9.97. The topological polar surface area (TPSA) is 80.9 Å². The second-order valence-electron chi connectivity index (χ2n) is 5.26. The van der Waals surface area contributed by atoms with E-state index in [2.05, 4.69) is 15.5 Å². The zero-order chi connectivity index (χ0) is 15.4. The number of carboxylic acid groups (broad SMARTS) is 1. The van der Waals surface area contributed by atoms with Crippen molar-refractivity contribution in [2.24, 2.45) is 5.92 Å². The monoisotopic (exact) mass is 292 g/mol. The van der Waals surface area contributed by atoms with E-state index in [9.17, 15) is 9.18 Å². The number of hydrogen-bond acceptors (Lipinski definition) is 4. The van der Waals surface area contributed by atoms with E-state index in [1.165, 1.54) is 16.8 Å². The zero-order valence-electron chi connectivity index (χ0n) is 11.9. The number of carboxylic acids is 1. The minimum absolute atomic E-state index is 0.0567. The van der Waals surface area contributed by atoms with Crippen LogP contribution in [0.25, 0.3) is 0 Å². The Bertz CT molecular complexity index is 627. The Morgan fingerprint density at radius 1 is 1.43 bits per heavy atom. The van der Waals surface area contributed by atoms with E-state index in [1.807, 2.05) is 13.8 Å². The number of tetrazole rings is 1. The number of carbonyl (C=O) groups is 1. The fourth-order valence-electron chi connectivity index (χ4n) is 2.20. The molecule has 1 atom stereocenters. The maximum Gasteiger partial charge on any atom is 0.305 e. The molecule has 0 aliphatic heterocycles. The van der Waals surface area contributed by atoms with Crippen molar-refractivity contribution in [2.45, 2.75) is 32.7 Å². The highest BCUT2D eigenvalue weighted by Gasteiger charge is 2.23. The predicted molar refractivity (Wildman–Crippen MR) is 73.2 cm³/mol. The van der Waals surface area contributed by atoms with Crippen molar-refractivity contribution in [2.75, 3.05) is 0 Å². The molecule has 0 spiro atoms. The zero-order valence-corrected chi connectivity index (χ0v) is 11.9. The molecule has 0 radical (unpaired) electrons. The van der Waals surface area contributed by atoms with Crippen LogP contribution in [0.4, 0.5) is 4.39 Å². The fourth-order valence-corrected chi connectivity index (χ4v) is 2.20. The Morgan fingerprint density at radius 3 is 2.81 bits per heavy atom. The number of halogens is 1. The predicted octanol–water partition coefficient (Wildman–Crippen LogP) is 2.07. The molecule has 0 saturated heterocycles. The number of rotatable bonds is 6. The number of nitrogens with zero attached hydrogens (tertiary/aromatic N) is 4. The quantitative estimate of drug-likeness (QED) is 0.881. The smallest absolute Gasteiger partial charge is 0.305 e. The van der Waals surface area contributed by atoms with Gasteiger partial charge in [0, 0.05) is 6.42 Å². The molecular formula is C14H17FN4O2. The van der Waals surface area contributed by atoms with E-state index in [1.54, 1.807) is 12.1 Å². The molecule has 112 valence electrons. The van der Waals surface area contributed by atoms with Crippen LogP contribution in [0, 0.1) is 11.7 Å². The molecule has 2 aromatic rings. The third kappa shape index (κ3) is 3.84. The Morgan fingerprint density at radius 2 is 2.19 bits per heavy atom. The van der Waals surface area contributed by atoms with Crippen molar-refractivity contribution < 1.29 is 14.3 Å². The van der Waals surface area contributed by atoms with Gasteiger partial charge in [-0.2, -0.15) is 0 Å². The van der Waals surface area contributed by atoms with Crippen molar-refractivity contribution in [3.05, 3.63) is 41.5 Å². The summed E-state index contributed by atoms with van der Waals surface area (Å²) in [4.78, 5) is 11.0. The summed E-state index contributed by atoms with van der Waals surface area (Å²) in [5.74, 6) is -0.630. The lowest BCUT2D eigenvalue weighted by Crippen LogP contribution is -2.22. The molecule has 6 nitrogen and oxygen atoms in total. The first-order valence-electron chi connectivity index (χ1n) is 6.70. The SMILES string of the molecule is CC(C)C(CC(=O)O)n1nnnc1Cc1cccc(F)c1. The summed E-state index contributed by atoms with van der Waals surface area (Å²) in [5, 5.41) is 20.5. The van der Waals surface area contributed by atoms with E-state index in [-0.39, 0.29) is 24.2 Å². The molecule has 0 fully saturated rings. The van der Waals surface area contributed by atoms with Gasteiger partial charge in [0.25, 0.3) is 0 Å². The first kappa shape index (κ1) is 15.1. The van der Waals surface area contributed by atoms with Gasteiger partial charge in [0.2, 0.25) is 0 Å². The van der Waals surface area contributed by atoms with Crippen LogP contribution in [0.15, 0.2) is 24.3 Å². The van der Waals surface area contributed by atoms with Crippen LogP contribution in [0.1, 0.15) is 37.7 Å². The van der Waals surface area contributed by atoms with Crippen molar-refractivity contribution in [1.29, 1.82) is 0 Å². The lowest BCUT2D eigenvalue weighted by Gasteiger charge is -2.20. The Balaban J connectivity index is 2.26. The third-order valence-corrected chi connectivity index (χ3v) is 3.28. The molecule has 2 rings (SSSR count). The molecule has 0 amide bonds.